The summed E-state index contributed by atoms with van der Waals surface area (Å²) >= 11 is 5.65. The number of carboxylic acids is 1. The van der Waals surface area contributed by atoms with Gasteiger partial charge in [0.15, 0.2) is 9.35 Å². The lowest BCUT2D eigenvalue weighted by Gasteiger charge is -2.48. The molecule has 4 aromatic rings. The van der Waals surface area contributed by atoms with Crippen molar-refractivity contribution in [3.8, 4) is 5.75 Å². The molecular formula is C26H21N5O5S4. The van der Waals surface area contributed by atoms with Crippen LogP contribution in [0.4, 0.5) is 0 Å². The van der Waals surface area contributed by atoms with Crippen molar-refractivity contribution in [2.45, 2.75) is 22.9 Å². The lowest BCUT2D eigenvalue weighted by Crippen LogP contribution is -2.65. The summed E-state index contributed by atoms with van der Waals surface area (Å²) in [6.07, 6.45) is 1.72. The number of thioether (sulfide) groups is 2. The molecule has 0 bridgehead atoms. The van der Waals surface area contributed by atoms with E-state index in [1.807, 2.05) is 47.8 Å². The van der Waals surface area contributed by atoms with Crippen molar-refractivity contribution in [1.82, 2.24) is 25.4 Å². The number of carbonyl (C=O) groups excluding carboxylic acids is 2. The second kappa shape index (κ2) is 11.6. The molecule has 0 spiro atoms. The molecule has 1 aromatic carbocycles. The normalized spacial score (nSPS) is 18.4. The van der Waals surface area contributed by atoms with Crippen molar-refractivity contribution in [2.75, 3.05) is 11.5 Å². The number of ether oxygens (including phenoxy) is 1. The third-order valence-electron chi connectivity index (χ3n) is 6.31. The number of amides is 2. The Morgan fingerprint density at radius 3 is 2.88 bits per heavy atom. The van der Waals surface area contributed by atoms with E-state index in [1.54, 1.807) is 6.20 Å². The second-order valence-corrected chi connectivity index (χ2v) is 13.2. The van der Waals surface area contributed by atoms with Crippen LogP contribution in [0.1, 0.15) is 9.88 Å². The van der Waals surface area contributed by atoms with E-state index in [4.69, 9.17) is 4.74 Å². The number of para-hydroxylation sites is 1. The van der Waals surface area contributed by atoms with Gasteiger partial charge in [-0.25, -0.2) is 4.79 Å². The zero-order chi connectivity index (χ0) is 27.6. The second-order valence-electron chi connectivity index (χ2n) is 8.81. The van der Waals surface area contributed by atoms with Crippen LogP contribution in [0, 0.1) is 5.92 Å². The Morgan fingerprint density at radius 2 is 2.05 bits per heavy atom. The number of fused-ring (bicyclic) bond motifs is 2. The van der Waals surface area contributed by atoms with Gasteiger partial charge in [0, 0.05) is 28.0 Å². The van der Waals surface area contributed by atoms with Crippen LogP contribution in [0.2, 0.25) is 0 Å². The van der Waals surface area contributed by atoms with Gasteiger partial charge in [0.1, 0.15) is 34.9 Å². The lowest BCUT2D eigenvalue weighted by molar-refractivity contribution is -0.157. The van der Waals surface area contributed by atoms with Gasteiger partial charge in [-0.3, -0.25) is 19.5 Å². The van der Waals surface area contributed by atoms with Crippen LogP contribution in [0.3, 0.4) is 0 Å². The Morgan fingerprint density at radius 1 is 1.18 bits per heavy atom. The Labute approximate surface area is 244 Å². The lowest BCUT2D eigenvalue weighted by atomic mass is 9.94. The summed E-state index contributed by atoms with van der Waals surface area (Å²) in [5.74, 6) is -1.54. The number of aromatic nitrogens is 3. The van der Waals surface area contributed by atoms with E-state index in [9.17, 15) is 19.5 Å². The maximum atomic E-state index is 12.9. The van der Waals surface area contributed by atoms with Gasteiger partial charge < -0.3 is 15.2 Å². The van der Waals surface area contributed by atoms with Crippen molar-refractivity contribution >= 4 is 74.9 Å². The van der Waals surface area contributed by atoms with Gasteiger partial charge in [0.05, 0.1) is 6.54 Å². The van der Waals surface area contributed by atoms with Crippen LogP contribution in [0.5, 0.6) is 5.75 Å². The first-order chi connectivity index (χ1) is 19.5. The van der Waals surface area contributed by atoms with Crippen LogP contribution in [0.25, 0.3) is 10.9 Å². The summed E-state index contributed by atoms with van der Waals surface area (Å²) in [7, 11) is 0. The molecule has 0 saturated carbocycles. The van der Waals surface area contributed by atoms with Gasteiger partial charge in [-0.05, 0) is 29.2 Å². The molecule has 1 saturated heterocycles. The molecule has 2 amide bonds. The first-order valence-electron chi connectivity index (χ1n) is 12.1. The quantitative estimate of drug-likeness (QED) is 0.154. The average molecular weight is 612 g/mol. The predicted octanol–water partition coefficient (Wildman–Crippen LogP) is 4.01. The fourth-order valence-corrected chi connectivity index (χ4v) is 8.43. The van der Waals surface area contributed by atoms with Crippen molar-refractivity contribution in [3.63, 3.8) is 0 Å². The third-order valence-corrected chi connectivity index (χ3v) is 10.6. The molecule has 5 heterocycles. The van der Waals surface area contributed by atoms with Gasteiger partial charge in [0.25, 0.3) is 0 Å². The third kappa shape index (κ3) is 5.31. The molecular weight excluding hydrogens is 591 g/mol. The maximum absolute atomic E-state index is 12.9. The highest BCUT2D eigenvalue weighted by molar-refractivity contribution is 8.01. The number of pyridine rings is 1. The number of benzene rings is 1. The van der Waals surface area contributed by atoms with Crippen molar-refractivity contribution < 1.29 is 24.2 Å². The number of hydrogen-bond acceptors (Lipinski definition) is 11. The Balaban J connectivity index is 1.08. The molecule has 2 N–H and O–H groups in total. The molecule has 2 aliphatic rings. The molecule has 204 valence electrons. The van der Waals surface area contributed by atoms with Crippen LogP contribution in [-0.4, -0.2) is 59.9 Å². The summed E-state index contributed by atoms with van der Waals surface area (Å²) < 4.78 is 6.61. The number of carboxylic acid groups (broad SMARTS) is 1. The van der Waals surface area contributed by atoms with Gasteiger partial charge >= 0.3 is 5.97 Å². The average Bonchev–Trinajstić information content (AvgIpc) is 3.65. The molecule has 2 atom stereocenters. The fraction of sp³-hybridized carbons (Fsp3) is 0.231. The number of rotatable bonds is 10. The number of carbonyl (C=O) groups is 3. The van der Waals surface area contributed by atoms with E-state index in [1.165, 1.54) is 51.1 Å². The zero-order valence-electron chi connectivity index (χ0n) is 20.7. The van der Waals surface area contributed by atoms with Gasteiger partial charge in [-0.1, -0.05) is 47.4 Å². The minimum Gasteiger partial charge on any atom is -0.484 e. The largest absolute Gasteiger partial charge is 0.484 e. The summed E-state index contributed by atoms with van der Waals surface area (Å²) in [5, 5.41) is 24.2. The first kappa shape index (κ1) is 26.7. The van der Waals surface area contributed by atoms with E-state index >= 15 is 0 Å². The van der Waals surface area contributed by atoms with Crippen LogP contribution >= 0.6 is 46.2 Å². The molecule has 0 unspecified atom stereocenters. The van der Waals surface area contributed by atoms with Crippen molar-refractivity contribution in [1.29, 1.82) is 0 Å². The van der Waals surface area contributed by atoms with E-state index < -0.39 is 23.2 Å². The van der Waals surface area contributed by atoms with Gasteiger partial charge in [0.2, 0.25) is 11.8 Å². The maximum Gasteiger partial charge on any atom is 0.352 e. The minimum atomic E-state index is -1.18. The number of nitrogens with one attached hydrogen (secondary N) is 1. The van der Waals surface area contributed by atoms with Crippen LogP contribution < -0.4 is 10.1 Å². The van der Waals surface area contributed by atoms with Crippen LogP contribution in [-0.2, 0) is 27.5 Å². The highest BCUT2D eigenvalue weighted by Crippen LogP contribution is 2.45. The molecule has 3 aromatic heterocycles. The number of β-lactam (4-membered cyclic amide) rings is 1. The SMILES string of the molecule is O=C(O)C1=C(CSc2nnc(COc3cccc4cccnc34)s2)CS[C@@H]2[C@H](C(=O)NCc3cccs3)C(=O)N12. The number of nitrogens with zero attached hydrogens (tertiary/aromatic N) is 4. The number of hydrogen-bond donors (Lipinski definition) is 2. The smallest absolute Gasteiger partial charge is 0.352 e. The first-order valence-corrected chi connectivity index (χ1v) is 15.8. The van der Waals surface area contributed by atoms with E-state index in [-0.39, 0.29) is 18.2 Å². The predicted molar refractivity (Wildman–Crippen MR) is 154 cm³/mol. The molecule has 14 heteroatoms. The molecule has 2 aliphatic heterocycles. The van der Waals surface area contributed by atoms with E-state index in [0.717, 1.165) is 15.8 Å². The standard InChI is InChI=1S/C26H21N5O5S4/c32-22(28-10-16-6-3-9-37-16)19-23(33)31-21(25(34)35)15(12-38-24(19)31)13-39-26-30-29-18(40-26)11-36-17-7-1-4-14-5-2-8-27-20(14)17/h1-9,19,24H,10-13H2,(H,28,32)(H,34,35)/t19-,24-/m1/s1. The summed E-state index contributed by atoms with van der Waals surface area (Å²) in [5.41, 5.74) is 1.34. The highest BCUT2D eigenvalue weighted by Gasteiger charge is 2.56. The fourth-order valence-electron chi connectivity index (χ4n) is 4.44. The molecule has 10 nitrogen and oxygen atoms in total. The molecule has 0 radical (unpaired) electrons. The number of thiophene rings is 1. The molecule has 0 aliphatic carbocycles. The van der Waals surface area contributed by atoms with E-state index in [0.29, 0.717) is 38.7 Å². The molecule has 1 fully saturated rings. The van der Waals surface area contributed by atoms with Crippen molar-refractivity contribution in [2.24, 2.45) is 5.92 Å². The van der Waals surface area contributed by atoms with Gasteiger partial charge in [-0.15, -0.1) is 33.3 Å². The zero-order valence-corrected chi connectivity index (χ0v) is 23.9. The number of aliphatic carboxylic acids is 1. The monoisotopic (exact) mass is 611 g/mol. The molecule has 40 heavy (non-hydrogen) atoms. The summed E-state index contributed by atoms with van der Waals surface area (Å²) in [6, 6.07) is 13.4. The minimum absolute atomic E-state index is 0.0416. The Kier molecular flexibility index (Phi) is 7.74. The van der Waals surface area contributed by atoms with Crippen LogP contribution in [0.15, 0.2) is 69.7 Å². The Hall–Kier alpha value is -3.46. The van der Waals surface area contributed by atoms with Crippen molar-refractivity contribution in [3.05, 3.63) is 75.2 Å². The van der Waals surface area contributed by atoms with Gasteiger partial charge in [-0.2, -0.15) is 0 Å². The summed E-state index contributed by atoms with van der Waals surface area (Å²) in [4.78, 5) is 44.4. The Bertz CT molecular complexity index is 1620. The topological polar surface area (TPSA) is 135 Å². The summed E-state index contributed by atoms with van der Waals surface area (Å²) in [6.45, 7) is 0.571. The molecule has 6 rings (SSSR count). The van der Waals surface area contributed by atoms with E-state index in [2.05, 4.69) is 20.5 Å². The highest BCUT2D eigenvalue weighted by atomic mass is 32.2.